The molecule has 2 N–H and O–H groups in total. The zero-order chi connectivity index (χ0) is 16.9. The molecule has 0 saturated carbocycles. The Morgan fingerprint density at radius 1 is 0.958 bits per heavy atom. The van der Waals surface area contributed by atoms with Crippen LogP contribution in [0.1, 0.15) is 28.5 Å². The molecule has 3 nitrogen and oxygen atoms in total. The highest BCUT2D eigenvalue weighted by Crippen LogP contribution is 2.23. The van der Waals surface area contributed by atoms with Crippen molar-refractivity contribution in [1.82, 2.24) is 5.32 Å². The van der Waals surface area contributed by atoms with E-state index in [9.17, 15) is 0 Å². The first-order valence-corrected chi connectivity index (χ1v) is 8.28. The van der Waals surface area contributed by atoms with Gasteiger partial charge in [-0.2, -0.15) is 0 Å². The average Bonchev–Trinajstić information content (AvgIpc) is 3.12. The van der Waals surface area contributed by atoms with Crippen molar-refractivity contribution in [3.8, 4) is 0 Å². The summed E-state index contributed by atoms with van der Waals surface area (Å²) in [7, 11) is 0. The van der Waals surface area contributed by atoms with Crippen LogP contribution in [0.25, 0.3) is 0 Å². The quantitative estimate of drug-likeness (QED) is 0.660. The third-order valence-electron chi connectivity index (χ3n) is 4.09. The molecule has 4 heteroatoms. The second kappa shape index (κ2) is 7.32. The Kier molecular flexibility index (Phi) is 4.96. The molecule has 0 amide bonds. The van der Waals surface area contributed by atoms with E-state index in [4.69, 9.17) is 16.6 Å². The van der Waals surface area contributed by atoms with Crippen LogP contribution in [0.5, 0.6) is 0 Å². The predicted octanol–water partition coefficient (Wildman–Crippen LogP) is 4.97. The van der Waals surface area contributed by atoms with Crippen LogP contribution in [-0.4, -0.2) is 5.11 Å². The Morgan fingerprint density at radius 3 is 2.46 bits per heavy atom. The fourth-order valence-corrected chi connectivity index (χ4v) is 2.82. The van der Waals surface area contributed by atoms with Gasteiger partial charge in [-0.15, -0.1) is 0 Å². The van der Waals surface area contributed by atoms with Gasteiger partial charge in [0.05, 0.1) is 6.26 Å². The molecule has 1 heterocycles. The first kappa shape index (κ1) is 16.3. The largest absolute Gasteiger partial charge is 0.467 e. The summed E-state index contributed by atoms with van der Waals surface area (Å²) in [5.74, 6) is 0.825. The van der Waals surface area contributed by atoms with Crippen LogP contribution in [0.2, 0.25) is 0 Å². The zero-order valence-corrected chi connectivity index (χ0v) is 14.6. The molecule has 0 radical (unpaired) electrons. The number of nitrogens with one attached hydrogen (secondary N) is 2. The third kappa shape index (κ3) is 3.66. The Balaban J connectivity index is 1.80. The second-order valence-electron chi connectivity index (χ2n) is 5.71. The molecule has 3 aromatic rings. The van der Waals surface area contributed by atoms with E-state index in [0.29, 0.717) is 5.11 Å². The number of hydrogen-bond donors (Lipinski definition) is 2. The molecule has 0 spiro atoms. The molecular formula is C20H20N2OS. The molecule has 24 heavy (non-hydrogen) atoms. The minimum atomic E-state index is -0.133. The third-order valence-corrected chi connectivity index (χ3v) is 4.31. The van der Waals surface area contributed by atoms with Gasteiger partial charge in [0.1, 0.15) is 11.8 Å². The Labute approximate surface area is 147 Å². The maximum atomic E-state index is 5.59. The molecule has 0 aliphatic carbocycles. The summed E-state index contributed by atoms with van der Waals surface area (Å²) in [6.45, 7) is 4.17. The molecular weight excluding hydrogens is 316 g/mol. The highest BCUT2D eigenvalue weighted by atomic mass is 32.1. The lowest BCUT2D eigenvalue weighted by molar-refractivity contribution is 0.476. The lowest BCUT2D eigenvalue weighted by Gasteiger charge is -2.20. The number of anilines is 1. The number of benzene rings is 2. The highest BCUT2D eigenvalue weighted by molar-refractivity contribution is 7.80. The highest BCUT2D eigenvalue weighted by Gasteiger charge is 2.18. The van der Waals surface area contributed by atoms with Crippen molar-refractivity contribution in [2.45, 2.75) is 19.9 Å². The molecule has 0 aliphatic heterocycles. The molecule has 1 atom stereocenters. The number of thiocarbonyl (C=S) groups is 1. The van der Waals surface area contributed by atoms with Gasteiger partial charge in [-0.05, 0) is 61.0 Å². The SMILES string of the molecule is Cc1cccc(NC(=S)N[C@H](c2ccccc2)c2ccco2)c1C. The molecule has 0 aliphatic rings. The minimum absolute atomic E-state index is 0.133. The summed E-state index contributed by atoms with van der Waals surface area (Å²) in [4.78, 5) is 0. The van der Waals surface area contributed by atoms with E-state index in [1.54, 1.807) is 6.26 Å². The van der Waals surface area contributed by atoms with Crippen molar-refractivity contribution in [2.75, 3.05) is 5.32 Å². The summed E-state index contributed by atoms with van der Waals surface area (Å²) < 4.78 is 5.59. The summed E-state index contributed by atoms with van der Waals surface area (Å²) in [6.07, 6.45) is 1.67. The van der Waals surface area contributed by atoms with Crippen LogP contribution in [0.3, 0.4) is 0 Å². The van der Waals surface area contributed by atoms with Gasteiger partial charge in [-0.3, -0.25) is 0 Å². The normalized spacial score (nSPS) is 11.8. The molecule has 0 bridgehead atoms. The summed E-state index contributed by atoms with van der Waals surface area (Å²) in [5, 5.41) is 7.21. The van der Waals surface area contributed by atoms with Crippen molar-refractivity contribution in [1.29, 1.82) is 0 Å². The minimum Gasteiger partial charge on any atom is -0.467 e. The van der Waals surface area contributed by atoms with Crippen LogP contribution in [0, 0.1) is 13.8 Å². The monoisotopic (exact) mass is 336 g/mol. The second-order valence-corrected chi connectivity index (χ2v) is 6.11. The maximum Gasteiger partial charge on any atom is 0.171 e. The smallest absolute Gasteiger partial charge is 0.171 e. The van der Waals surface area contributed by atoms with Gasteiger partial charge in [0.15, 0.2) is 5.11 Å². The molecule has 0 unspecified atom stereocenters. The van der Waals surface area contributed by atoms with Gasteiger partial charge in [0, 0.05) is 5.69 Å². The van der Waals surface area contributed by atoms with Crippen molar-refractivity contribution < 1.29 is 4.42 Å². The van der Waals surface area contributed by atoms with Crippen molar-refractivity contribution in [2.24, 2.45) is 0 Å². The molecule has 0 saturated heterocycles. The Morgan fingerprint density at radius 2 is 1.75 bits per heavy atom. The van der Waals surface area contributed by atoms with Gasteiger partial charge >= 0.3 is 0 Å². The molecule has 1 aromatic heterocycles. The number of furan rings is 1. The van der Waals surface area contributed by atoms with Crippen molar-refractivity contribution in [3.63, 3.8) is 0 Å². The first-order chi connectivity index (χ1) is 11.6. The predicted molar refractivity (Wildman–Crippen MR) is 102 cm³/mol. The van der Waals surface area contributed by atoms with Crippen LogP contribution < -0.4 is 10.6 Å². The van der Waals surface area contributed by atoms with Gasteiger partial charge in [0.25, 0.3) is 0 Å². The van der Waals surface area contributed by atoms with E-state index in [-0.39, 0.29) is 6.04 Å². The van der Waals surface area contributed by atoms with Gasteiger partial charge < -0.3 is 15.1 Å². The zero-order valence-electron chi connectivity index (χ0n) is 13.7. The van der Waals surface area contributed by atoms with E-state index < -0.39 is 0 Å². The van der Waals surface area contributed by atoms with Crippen LogP contribution in [-0.2, 0) is 0 Å². The Bertz CT molecular complexity index is 813. The first-order valence-electron chi connectivity index (χ1n) is 7.87. The average molecular weight is 336 g/mol. The van der Waals surface area contributed by atoms with E-state index in [0.717, 1.165) is 17.0 Å². The van der Waals surface area contributed by atoms with E-state index in [1.807, 2.05) is 42.5 Å². The van der Waals surface area contributed by atoms with Crippen molar-refractivity contribution >= 4 is 23.0 Å². The van der Waals surface area contributed by atoms with E-state index in [1.165, 1.54) is 11.1 Å². The van der Waals surface area contributed by atoms with Gasteiger partial charge in [-0.1, -0.05) is 42.5 Å². The number of rotatable bonds is 4. The van der Waals surface area contributed by atoms with Crippen LogP contribution in [0.4, 0.5) is 5.69 Å². The standard InChI is InChI=1S/C20H20N2OS/c1-14-8-6-11-17(15(14)2)21-20(24)22-19(18-12-7-13-23-18)16-9-4-3-5-10-16/h3-13,19H,1-2H3,(H2,21,22,24)/t19-/m1/s1. The molecule has 2 aromatic carbocycles. The van der Waals surface area contributed by atoms with Crippen LogP contribution in [0.15, 0.2) is 71.3 Å². The lowest BCUT2D eigenvalue weighted by Crippen LogP contribution is -2.33. The van der Waals surface area contributed by atoms with Gasteiger partial charge in [-0.25, -0.2) is 0 Å². The molecule has 3 rings (SSSR count). The summed E-state index contributed by atoms with van der Waals surface area (Å²) in [6, 6.07) is 20.0. The lowest BCUT2D eigenvalue weighted by atomic mass is 10.0. The molecule has 122 valence electrons. The van der Waals surface area contributed by atoms with Gasteiger partial charge in [0.2, 0.25) is 0 Å². The number of aryl methyl sites for hydroxylation is 1. The fourth-order valence-electron chi connectivity index (χ4n) is 2.60. The molecule has 0 fully saturated rings. The van der Waals surface area contributed by atoms with Crippen LogP contribution >= 0.6 is 12.2 Å². The fraction of sp³-hybridized carbons (Fsp3) is 0.150. The number of hydrogen-bond acceptors (Lipinski definition) is 2. The van der Waals surface area contributed by atoms with Crippen molar-refractivity contribution in [3.05, 3.63) is 89.4 Å². The summed E-state index contributed by atoms with van der Waals surface area (Å²) >= 11 is 5.53. The Hall–Kier alpha value is -2.59. The topological polar surface area (TPSA) is 37.2 Å². The summed E-state index contributed by atoms with van der Waals surface area (Å²) in [5.41, 5.74) is 4.53. The van der Waals surface area contributed by atoms with E-state index >= 15 is 0 Å². The van der Waals surface area contributed by atoms with E-state index in [2.05, 4.69) is 42.7 Å². The maximum absolute atomic E-state index is 5.59.